The fourth-order valence-corrected chi connectivity index (χ4v) is 3.27. The minimum absolute atomic E-state index is 0.0633. The van der Waals surface area contributed by atoms with Crippen LogP contribution < -0.4 is 5.73 Å². The first-order chi connectivity index (χ1) is 13.5. The second kappa shape index (κ2) is 11.7. The van der Waals surface area contributed by atoms with Gasteiger partial charge in [0, 0.05) is 28.7 Å². The Hall–Kier alpha value is -2.02. The third-order valence-electron chi connectivity index (χ3n) is 4.20. The molecule has 0 unspecified atom stereocenters. The number of aliphatic hydroxyl groups excluding tert-OH is 1. The molecule has 0 aromatic heterocycles. The molecule has 0 saturated carbocycles. The van der Waals surface area contributed by atoms with Crippen LogP contribution in [0.2, 0.25) is 5.02 Å². The largest absolute Gasteiger partial charge is 0.393 e. The van der Waals surface area contributed by atoms with Gasteiger partial charge in [0.05, 0.1) is 6.61 Å². The number of carbonyl (C=O) groups excluding carboxylic acids is 1. The molecule has 0 spiro atoms. The maximum Gasteiger partial charge on any atom is 0.143 e. The number of halogens is 1. The third kappa shape index (κ3) is 7.54. The maximum atomic E-state index is 12.6. The molecule has 2 rings (SSSR count). The number of hydrogen-bond donors (Lipinski definition) is 2. The summed E-state index contributed by atoms with van der Waals surface area (Å²) in [6.07, 6.45) is 3.17. The van der Waals surface area contributed by atoms with Gasteiger partial charge in [0.2, 0.25) is 0 Å². The van der Waals surface area contributed by atoms with Crippen LogP contribution in [0.5, 0.6) is 0 Å². The summed E-state index contributed by atoms with van der Waals surface area (Å²) in [4.78, 5) is 18.8. The first kappa shape index (κ1) is 22.3. The highest BCUT2D eigenvalue weighted by molar-refractivity contribution is 7.98. The molecule has 2 aromatic rings. The summed E-state index contributed by atoms with van der Waals surface area (Å²) < 4.78 is 0. The van der Waals surface area contributed by atoms with Crippen LogP contribution in [0.15, 0.2) is 58.6 Å². The van der Waals surface area contributed by atoms with E-state index in [9.17, 15) is 4.79 Å². The number of rotatable bonds is 11. The molecule has 0 bridgehead atoms. The number of hydrogen-bond acceptors (Lipinski definition) is 5. The van der Waals surface area contributed by atoms with E-state index in [1.807, 2.05) is 42.7 Å². The van der Waals surface area contributed by atoms with Gasteiger partial charge in [0.25, 0.3) is 0 Å². The van der Waals surface area contributed by atoms with Crippen molar-refractivity contribution in [2.24, 2.45) is 16.8 Å². The highest BCUT2D eigenvalue weighted by Gasteiger charge is 2.20. The Morgan fingerprint density at radius 3 is 2.43 bits per heavy atom. The van der Waals surface area contributed by atoms with Gasteiger partial charge in [-0.15, -0.1) is 11.8 Å². The van der Waals surface area contributed by atoms with Gasteiger partial charge in [-0.3, -0.25) is 4.79 Å². The van der Waals surface area contributed by atoms with Gasteiger partial charge in [-0.25, -0.2) is 0 Å². The molecular formula is C21H25ClN2O3S. The molecule has 150 valence electrons. The van der Waals surface area contributed by atoms with E-state index >= 15 is 0 Å². The van der Waals surface area contributed by atoms with Crippen molar-refractivity contribution in [1.29, 1.82) is 0 Å². The molecule has 28 heavy (non-hydrogen) atoms. The number of thioether (sulfide) groups is 1. The predicted octanol–water partition coefficient (Wildman–Crippen LogP) is 3.70. The minimum atomic E-state index is -0.279. The monoisotopic (exact) mass is 420 g/mol. The zero-order chi connectivity index (χ0) is 20.4. The third-order valence-corrected chi connectivity index (χ3v) is 5.20. The Balaban J connectivity index is 2.08. The average molecular weight is 421 g/mol. The van der Waals surface area contributed by atoms with Crippen LogP contribution in [0, 0.1) is 5.92 Å². The number of ketones is 1. The topological polar surface area (TPSA) is 84.9 Å². The number of amidine groups is 1. The van der Waals surface area contributed by atoms with Crippen LogP contribution in [-0.4, -0.2) is 36.2 Å². The van der Waals surface area contributed by atoms with Crippen LogP contribution in [0.25, 0.3) is 0 Å². The molecule has 5 nitrogen and oxygen atoms in total. The zero-order valence-corrected chi connectivity index (χ0v) is 17.4. The normalized spacial score (nSPS) is 12.6. The van der Waals surface area contributed by atoms with E-state index in [1.165, 1.54) is 4.90 Å². The average Bonchev–Trinajstić information content (AvgIpc) is 2.70. The molecule has 0 radical (unpaired) electrons. The summed E-state index contributed by atoms with van der Waals surface area (Å²) in [7, 11) is 0. The lowest BCUT2D eigenvalue weighted by Gasteiger charge is -2.16. The SMILES string of the molecule is CSc1ccc(C[C@H](CC(=O)Cc2ccc(Cl)cc2)/C(N)=N/OCCO)cc1. The first-order valence-electron chi connectivity index (χ1n) is 8.97. The first-order valence-corrected chi connectivity index (χ1v) is 10.6. The van der Waals surface area contributed by atoms with E-state index in [0.29, 0.717) is 17.9 Å². The lowest BCUT2D eigenvalue weighted by molar-refractivity contribution is -0.118. The Kier molecular flexibility index (Phi) is 9.34. The van der Waals surface area contributed by atoms with Crippen molar-refractivity contribution in [2.75, 3.05) is 19.5 Å². The summed E-state index contributed by atoms with van der Waals surface area (Å²) in [6, 6.07) is 15.4. The van der Waals surface area contributed by atoms with Gasteiger partial charge in [0.15, 0.2) is 0 Å². The van der Waals surface area contributed by atoms with E-state index < -0.39 is 0 Å². The number of Topliss-reactive ketones (excluding diaryl/α,β-unsaturated/α-hetero) is 1. The Morgan fingerprint density at radius 1 is 1.18 bits per heavy atom. The van der Waals surface area contributed by atoms with Gasteiger partial charge >= 0.3 is 0 Å². The van der Waals surface area contributed by atoms with Crippen LogP contribution in [0.3, 0.4) is 0 Å². The number of aliphatic hydroxyl groups is 1. The van der Waals surface area contributed by atoms with E-state index in [-0.39, 0.29) is 37.2 Å². The standard InChI is InChI=1S/C21H25ClN2O3S/c1-28-20-8-4-15(5-9-20)12-17(21(23)24-27-11-10-25)14-19(26)13-16-2-6-18(22)7-3-16/h2-9,17,25H,10-14H2,1H3,(H2,23,24)/t17-/m1/s1. The molecule has 0 fully saturated rings. The van der Waals surface area contributed by atoms with E-state index in [2.05, 4.69) is 5.16 Å². The lowest BCUT2D eigenvalue weighted by Crippen LogP contribution is -2.29. The van der Waals surface area contributed by atoms with Crippen LogP contribution in [0.1, 0.15) is 17.5 Å². The number of nitrogens with zero attached hydrogens (tertiary/aromatic N) is 1. The van der Waals surface area contributed by atoms with Gasteiger partial charge in [-0.2, -0.15) is 0 Å². The lowest BCUT2D eigenvalue weighted by atomic mass is 9.91. The van der Waals surface area contributed by atoms with Crippen LogP contribution in [-0.2, 0) is 22.5 Å². The molecule has 7 heteroatoms. The van der Waals surface area contributed by atoms with Gasteiger partial charge in [-0.1, -0.05) is 41.0 Å². The second-order valence-electron chi connectivity index (χ2n) is 6.37. The number of benzene rings is 2. The van der Waals surface area contributed by atoms with Gasteiger partial charge in [-0.05, 0) is 48.1 Å². The van der Waals surface area contributed by atoms with Crippen molar-refractivity contribution in [3.05, 3.63) is 64.7 Å². The van der Waals surface area contributed by atoms with Crippen molar-refractivity contribution < 1.29 is 14.7 Å². The fourth-order valence-electron chi connectivity index (χ4n) is 2.74. The molecular weight excluding hydrogens is 396 g/mol. The van der Waals surface area contributed by atoms with Crippen molar-refractivity contribution in [3.63, 3.8) is 0 Å². The highest BCUT2D eigenvalue weighted by Crippen LogP contribution is 2.20. The van der Waals surface area contributed by atoms with Crippen molar-refractivity contribution in [3.8, 4) is 0 Å². The van der Waals surface area contributed by atoms with Gasteiger partial charge < -0.3 is 15.7 Å². The van der Waals surface area contributed by atoms with E-state index in [1.54, 1.807) is 23.9 Å². The highest BCUT2D eigenvalue weighted by atomic mass is 35.5. The molecule has 0 aliphatic carbocycles. The minimum Gasteiger partial charge on any atom is -0.393 e. The van der Waals surface area contributed by atoms with Gasteiger partial charge in [0.1, 0.15) is 18.2 Å². The molecule has 0 saturated heterocycles. The van der Waals surface area contributed by atoms with Crippen molar-refractivity contribution in [1.82, 2.24) is 0 Å². The van der Waals surface area contributed by atoms with E-state index in [0.717, 1.165) is 11.1 Å². The molecule has 3 N–H and O–H groups in total. The summed E-state index contributed by atoms with van der Waals surface area (Å²) in [6.45, 7) is -0.0817. The Morgan fingerprint density at radius 2 is 1.82 bits per heavy atom. The fraction of sp³-hybridized carbons (Fsp3) is 0.333. The molecule has 2 aromatic carbocycles. The summed E-state index contributed by atoms with van der Waals surface area (Å²) in [5, 5.41) is 13.3. The molecule has 0 aliphatic rings. The van der Waals surface area contributed by atoms with Crippen LogP contribution >= 0.6 is 23.4 Å². The maximum absolute atomic E-state index is 12.6. The number of oxime groups is 1. The summed E-state index contributed by atoms with van der Waals surface area (Å²) in [5.74, 6) is 0.0406. The predicted molar refractivity (Wildman–Crippen MR) is 115 cm³/mol. The summed E-state index contributed by atoms with van der Waals surface area (Å²) in [5.41, 5.74) is 8.07. The number of carbonyl (C=O) groups is 1. The Bertz CT molecular complexity index is 779. The molecule has 1 atom stereocenters. The smallest absolute Gasteiger partial charge is 0.143 e. The second-order valence-corrected chi connectivity index (χ2v) is 7.68. The number of nitrogens with two attached hydrogens (primary N) is 1. The van der Waals surface area contributed by atoms with Crippen molar-refractivity contribution in [2.45, 2.75) is 24.2 Å². The van der Waals surface area contributed by atoms with Crippen LogP contribution in [0.4, 0.5) is 0 Å². The Labute approximate surface area is 174 Å². The molecule has 0 heterocycles. The summed E-state index contributed by atoms with van der Waals surface area (Å²) >= 11 is 7.57. The molecule has 0 aliphatic heterocycles. The molecule has 0 amide bonds. The van der Waals surface area contributed by atoms with Crippen molar-refractivity contribution >= 4 is 35.0 Å². The van der Waals surface area contributed by atoms with E-state index in [4.69, 9.17) is 27.3 Å². The quantitative estimate of drug-likeness (QED) is 0.190. The zero-order valence-electron chi connectivity index (χ0n) is 15.8.